The number of nitrogens with zero attached hydrogens (tertiary/aromatic N) is 1. The highest BCUT2D eigenvalue weighted by Crippen LogP contribution is 2.23. The number of esters is 1. The van der Waals surface area contributed by atoms with Crippen molar-refractivity contribution in [3.05, 3.63) is 28.0 Å². The van der Waals surface area contributed by atoms with Gasteiger partial charge in [0.1, 0.15) is 0 Å². The number of halogens is 2. The van der Waals surface area contributed by atoms with Crippen LogP contribution in [0.1, 0.15) is 5.56 Å². The Kier molecular flexibility index (Phi) is 3.51. The van der Waals surface area contributed by atoms with Gasteiger partial charge in [-0.1, -0.05) is 23.2 Å². The van der Waals surface area contributed by atoms with Crippen molar-refractivity contribution in [2.24, 2.45) is 0 Å². The lowest BCUT2D eigenvalue weighted by molar-refractivity contribution is -0.139. The van der Waals surface area contributed by atoms with Gasteiger partial charge in [0, 0.05) is 18.0 Å². The number of pyridine rings is 1. The topological polar surface area (TPSA) is 39.2 Å². The number of ether oxygens (including phenoxy) is 1. The van der Waals surface area contributed by atoms with Gasteiger partial charge in [0.15, 0.2) is 0 Å². The largest absolute Gasteiger partial charge is 0.469 e. The van der Waals surface area contributed by atoms with Gasteiger partial charge >= 0.3 is 5.97 Å². The molecule has 1 rings (SSSR count). The minimum absolute atomic E-state index is 0.0662. The van der Waals surface area contributed by atoms with Crippen molar-refractivity contribution in [1.82, 2.24) is 4.98 Å². The first-order valence-electron chi connectivity index (χ1n) is 3.50. The number of rotatable bonds is 2. The maximum Gasteiger partial charge on any atom is 0.310 e. The molecule has 70 valence electrons. The molecule has 0 saturated heterocycles. The van der Waals surface area contributed by atoms with Gasteiger partial charge in [-0.2, -0.15) is 0 Å². The second kappa shape index (κ2) is 4.44. The maximum absolute atomic E-state index is 10.9. The molecule has 0 N–H and O–H groups in total. The number of hydrogen-bond donors (Lipinski definition) is 0. The molecular formula is C8H7Cl2NO2. The van der Waals surface area contributed by atoms with Crippen molar-refractivity contribution in [2.45, 2.75) is 6.42 Å². The van der Waals surface area contributed by atoms with Gasteiger partial charge in [-0.25, -0.2) is 0 Å². The Morgan fingerprint density at radius 3 is 2.46 bits per heavy atom. The van der Waals surface area contributed by atoms with Gasteiger partial charge in [0.2, 0.25) is 0 Å². The Bertz CT molecular complexity index is 308. The summed E-state index contributed by atoms with van der Waals surface area (Å²) in [4.78, 5) is 14.7. The molecule has 0 aromatic carbocycles. The van der Waals surface area contributed by atoms with Crippen LogP contribution in [-0.2, 0) is 16.0 Å². The Hall–Kier alpha value is -0.800. The third-order valence-corrected chi connectivity index (χ3v) is 2.15. The molecule has 0 saturated carbocycles. The van der Waals surface area contributed by atoms with Crippen LogP contribution in [0.25, 0.3) is 0 Å². The van der Waals surface area contributed by atoms with Crippen molar-refractivity contribution < 1.29 is 9.53 Å². The lowest BCUT2D eigenvalue weighted by Crippen LogP contribution is -2.05. The van der Waals surface area contributed by atoms with Gasteiger partial charge in [-0.05, 0) is 0 Å². The number of aromatic nitrogens is 1. The van der Waals surface area contributed by atoms with Crippen molar-refractivity contribution in [3.63, 3.8) is 0 Å². The van der Waals surface area contributed by atoms with Gasteiger partial charge in [0.05, 0.1) is 23.6 Å². The fourth-order valence-corrected chi connectivity index (χ4v) is 1.32. The second-order valence-electron chi connectivity index (χ2n) is 2.33. The lowest BCUT2D eigenvalue weighted by Gasteiger charge is -2.03. The van der Waals surface area contributed by atoms with E-state index in [-0.39, 0.29) is 12.4 Å². The number of carbonyl (C=O) groups excluding carboxylic acids is 1. The Balaban J connectivity index is 2.93. The van der Waals surface area contributed by atoms with E-state index in [2.05, 4.69) is 9.72 Å². The average molecular weight is 220 g/mol. The van der Waals surface area contributed by atoms with E-state index in [1.807, 2.05) is 0 Å². The molecule has 1 aromatic rings. The predicted molar refractivity (Wildman–Crippen MR) is 50.0 cm³/mol. The van der Waals surface area contributed by atoms with E-state index in [9.17, 15) is 4.79 Å². The molecule has 0 aliphatic carbocycles. The first-order valence-corrected chi connectivity index (χ1v) is 4.25. The van der Waals surface area contributed by atoms with E-state index < -0.39 is 0 Å². The monoisotopic (exact) mass is 219 g/mol. The molecular weight excluding hydrogens is 213 g/mol. The Labute approximate surface area is 85.6 Å². The normalized spacial score (nSPS) is 9.77. The minimum Gasteiger partial charge on any atom is -0.469 e. The third kappa shape index (κ3) is 2.57. The quantitative estimate of drug-likeness (QED) is 0.716. The zero-order chi connectivity index (χ0) is 9.84. The predicted octanol–water partition coefficient (Wildman–Crippen LogP) is 2.10. The highest BCUT2D eigenvalue weighted by atomic mass is 35.5. The third-order valence-electron chi connectivity index (χ3n) is 1.50. The van der Waals surface area contributed by atoms with Crippen LogP contribution in [0, 0.1) is 0 Å². The average Bonchev–Trinajstić information content (AvgIpc) is 2.11. The van der Waals surface area contributed by atoms with Crippen LogP contribution < -0.4 is 0 Å². The van der Waals surface area contributed by atoms with Crippen molar-refractivity contribution in [3.8, 4) is 0 Å². The fraction of sp³-hybridized carbons (Fsp3) is 0.250. The van der Waals surface area contributed by atoms with E-state index >= 15 is 0 Å². The van der Waals surface area contributed by atoms with Crippen molar-refractivity contribution >= 4 is 29.2 Å². The van der Waals surface area contributed by atoms with Crippen LogP contribution in [0.3, 0.4) is 0 Å². The van der Waals surface area contributed by atoms with E-state index in [4.69, 9.17) is 23.2 Å². The van der Waals surface area contributed by atoms with Crippen LogP contribution >= 0.6 is 23.2 Å². The first kappa shape index (κ1) is 10.3. The number of carbonyl (C=O) groups is 1. The van der Waals surface area contributed by atoms with Crippen LogP contribution in [0.2, 0.25) is 10.0 Å². The zero-order valence-corrected chi connectivity index (χ0v) is 8.39. The van der Waals surface area contributed by atoms with E-state index in [1.54, 1.807) is 0 Å². The van der Waals surface area contributed by atoms with Gasteiger partial charge in [-0.15, -0.1) is 0 Å². The van der Waals surface area contributed by atoms with E-state index in [0.717, 1.165) is 0 Å². The minimum atomic E-state index is -0.380. The molecule has 0 amide bonds. The maximum atomic E-state index is 10.9. The molecule has 0 unspecified atom stereocenters. The molecule has 1 aromatic heterocycles. The summed E-state index contributed by atoms with van der Waals surface area (Å²) in [7, 11) is 1.31. The van der Waals surface area contributed by atoms with Gasteiger partial charge < -0.3 is 4.74 Å². The van der Waals surface area contributed by atoms with Crippen LogP contribution in [0.4, 0.5) is 0 Å². The summed E-state index contributed by atoms with van der Waals surface area (Å²) in [5.41, 5.74) is 0.546. The second-order valence-corrected chi connectivity index (χ2v) is 3.15. The zero-order valence-electron chi connectivity index (χ0n) is 6.88. The standard InChI is InChI=1S/C8H7Cl2NO2/c1-13-8(12)2-5-6(9)3-11-4-7(5)10/h3-4H,2H2,1H3. The molecule has 3 nitrogen and oxygen atoms in total. The van der Waals surface area contributed by atoms with Crippen LogP contribution in [0.5, 0.6) is 0 Å². The molecule has 0 fully saturated rings. The molecule has 0 spiro atoms. The Morgan fingerprint density at radius 2 is 2.00 bits per heavy atom. The summed E-state index contributed by atoms with van der Waals surface area (Å²) in [5.74, 6) is -0.380. The molecule has 13 heavy (non-hydrogen) atoms. The van der Waals surface area contributed by atoms with Crippen LogP contribution in [0.15, 0.2) is 12.4 Å². The smallest absolute Gasteiger partial charge is 0.310 e. The fourth-order valence-electron chi connectivity index (χ4n) is 0.823. The summed E-state index contributed by atoms with van der Waals surface area (Å²) in [6.07, 6.45) is 2.94. The highest BCUT2D eigenvalue weighted by Gasteiger charge is 2.10. The van der Waals surface area contributed by atoms with E-state index in [0.29, 0.717) is 15.6 Å². The van der Waals surface area contributed by atoms with E-state index in [1.165, 1.54) is 19.5 Å². The van der Waals surface area contributed by atoms with Gasteiger partial charge in [0.25, 0.3) is 0 Å². The summed E-state index contributed by atoms with van der Waals surface area (Å²) >= 11 is 11.6. The number of hydrogen-bond acceptors (Lipinski definition) is 3. The van der Waals surface area contributed by atoms with Gasteiger partial charge in [-0.3, -0.25) is 9.78 Å². The molecule has 0 atom stereocenters. The number of methoxy groups -OCH3 is 1. The summed E-state index contributed by atoms with van der Waals surface area (Å²) in [6, 6.07) is 0. The molecule has 0 radical (unpaired) electrons. The van der Waals surface area contributed by atoms with Crippen molar-refractivity contribution in [1.29, 1.82) is 0 Å². The molecule has 1 heterocycles. The summed E-state index contributed by atoms with van der Waals surface area (Å²) < 4.78 is 4.49. The highest BCUT2D eigenvalue weighted by molar-refractivity contribution is 6.36. The summed E-state index contributed by atoms with van der Waals surface area (Å²) in [6.45, 7) is 0. The lowest BCUT2D eigenvalue weighted by atomic mass is 10.2. The molecule has 0 bridgehead atoms. The first-order chi connectivity index (χ1) is 6.15. The Morgan fingerprint density at radius 1 is 1.46 bits per heavy atom. The molecule has 0 aliphatic heterocycles. The van der Waals surface area contributed by atoms with Crippen molar-refractivity contribution in [2.75, 3.05) is 7.11 Å². The van der Waals surface area contributed by atoms with Crippen LogP contribution in [-0.4, -0.2) is 18.1 Å². The molecule has 0 aliphatic rings. The molecule has 5 heteroatoms. The SMILES string of the molecule is COC(=O)Cc1c(Cl)cncc1Cl. The summed E-state index contributed by atoms with van der Waals surface area (Å²) in [5, 5.41) is 0.746.